The highest BCUT2D eigenvalue weighted by molar-refractivity contribution is 5.75. The van der Waals surface area contributed by atoms with E-state index in [-0.39, 0.29) is 23.4 Å². The summed E-state index contributed by atoms with van der Waals surface area (Å²) in [5, 5.41) is 7.12. The maximum atomic E-state index is 12.5. The SMILES string of the molecule is COC(=O)[C@H]1[C@@H]2CC(=C(F)F)[C@@H](C2)[C@H]1N.O=C(O)C(F)(F)F. The number of carbonyl (C=O) groups is 2. The fourth-order valence-electron chi connectivity index (χ4n) is 2.92. The molecule has 2 aliphatic rings. The van der Waals surface area contributed by atoms with Crippen molar-refractivity contribution < 1.29 is 41.4 Å². The Morgan fingerprint density at radius 3 is 2.14 bits per heavy atom. The molecule has 5 nitrogen and oxygen atoms in total. The van der Waals surface area contributed by atoms with Crippen LogP contribution in [0.4, 0.5) is 22.0 Å². The van der Waals surface area contributed by atoms with Gasteiger partial charge in [-0.05, 0) is 18.8 Å². The topological polar surface area (TPSA) is 89.6 Å². The molecule has 2 aliphatic carbocycles. The van der Waals surface area contributed by atoms with Crippen LogP contribution < -0.4 is 5.73 Å². The minimum absolute atomic E-state index is 0.0612. The Hall–Kier alpha value is -1.71. The van der Waals surface area contributed by atoms with Gasteiger partial charge in [-0.2, -0.15) is 22.0 Å². The second-order valence-electron chi connectivity index (χ2n) is 5.02. The zero-order valence-corrected chi connectivity index (χ0v) is 11.4. The fraction of sp³-hybridized carbons (Fsp3) is 0.667. The highest BCUT2D eigenvalue weighted by atomic mass is 19.4. The number of ether oxygens (including phenoxy) is 1. The number of fused-ring (bicyclic) bond motifs is 2. The van der Waals surface area contributed by atoms with Crippen LogP contribution in [0.25, 0.3) is 0 Å². The highest BCUT2D eigenvalue weighted by Crippen LogP contribution is 2.52. The quantitative estimate of drug-likeness (QED) is 0.566. The molecule has 2 bridgehead atoms. The van der Waals surface area contributed by atoms with E-state index in [1.54, 1.807) is 0 Å². The molecule has 0 spiro atoms. The summed E-state index contributed by atoms with van der Waals surface area (Å²) in [5.74, 6) is -3.91. The number of hydrogen-bond donors (Lipinski definition) is 2. The van der Waals surface area contributed by atoms with Gasteiger partial charge in [0.1, 0.15) is 0 Å². The Morgan fingerprint density at radius 1 is 1.32 bits per heavy atom. The lowest BCUT2D eigenvalue weighted by Crippen LogP contribution is -2.41. The number of rotatable bonds is 1. The average molecular weight is 331 g/mol. The summed E-state index contributed by atoms with van der Waals surface area (Å²) in [6, 6.07) is -0.507. The van der Waals surface area contributed by atoms with Gasteiger partial charge in [-0.25, -0.2) is 4.79 Å². The maximum absolute atomic E-state index is 12.5. The highest BCUT2D eigenvalue weighted by Gasteiger charge is 2.53. The minimum Gasteiger partial charge on any atom is -0.475 e. The molecule has 0 aromatic carbocycles. The average Bonchev–Trinajstić information content (AvgIpc) is 2.95. The van der Waals surface area contributed by atoms with Crippen LogP contribution in [0.2, 0.25) is 0 Å². The van der Waals surface area contributed by atoms with Crippen LogP contribution in [0.1, 0.15) is 12.8 Å². The van der Waals surface area contributed by atoms with Gasteiger partial charge in [0.05, 0.1) is 13.0 Å². The molecule has 126 valence electrons. The van der Waals surface area contributed by atoms with Gasteiger partial charge in [-0.1, -0.05) is 0 Å². The minimum atomic E-state index is -5.08. The second kappa shape index (κ2) is 6.59. The summed E-state index contributed by atoms with van der Waals surface area (Å²) in [7, 11) is 1.30. The first-order valence-electron chi connectivity index (χ1n) is 6.18. The van der Waals surface area contributed by atoms with Crippen LogP contribution in [0.5, 0.6) is 0 Å². The van der Waals surface area contributed by atoms with E-state index >= 15 is 0 Å². The molecule has 2 fully saturated rings. The van der Waals surface area contributed by atoms with Crippen LogP contribution in [0, 0.1) is 17.8 Å². The van der Waals surface area contributed by atoms with Crippen molar-refractivity contribution in [3.8, 4) is 0 Å². The molecule has 4 atom stereocenters. The smallest absolute Gasteiger partial charge is 0.475 e. The van der Waals surface area contributed by atoms with Crippen LogP contribution in [-0.4, -0.2) is 36.4 Å². The van der Waals surface area contributed by atoms with Crippen LogP contribution in [0.15, 0.2) is 11.7 Å². The van der Waals surface area contributed by atoms with Gasteiger partial charge in [0.15, 0.2) is 0 Å². The first kappa shape index (κ1) is 18.3. The predicted octanol–water partition coefficient (Wildman–Crippen LogP) is 1.93. The summed E-state index contributed by atoms with van der Waals surface area (Å²) in [6.45, 7) is 0. The third kappa shape index (κ3) is 3.73. The molecule has 0 aliphatic heterocycles. The molecular weight excluding hydrogens is 317 g/mol. The first-order chi connectivity index (χ1) is 10.0. The molecule has 0 saturated heterocycles. The summed E-state index contributed by atoms with van der Waals surface area (Å²) in [4.78, 5) is 20.3. The van der Waals surface area contributed by atoms with Crippen molar-refractivity contribution in [1.82, 2.24) is 0 Å². The fourth-order valence-corrected chi connectivity index (χ4v) is 2.92. The van der Waals surface area contributed by atoms with E-state index in [1.807, 2.05) is 0 Å². The molecule has 0 radical (unpaired) electrons. The van der Waals surface area contributed by atoms with Gasteiger partial charge in [0.25, 0.3) is 6.08 Å². The van der Waals surface area contributed by atoms with Crippen molar-refractivity contribution in [1.29, 1.82) is 0 Å². The van der Waals surface area contributed by atoms with Crippen molar-refractivity contribution in [2.45, 2.75) is 25.1 Å². The van der Waals surface area contributed by atoms with E-state index in [4.69, 9.17) is 15.6 Å². The largest absolute Gasteiger partial charge is 0.490 e. The summed E-state index contributed by atoms with van der Waals surface area (Å²) in [5.41, 5.74) is 5.95. The Labute approximate surface area is 121 Å². The molecule has 0 aromatic heterocycles. The lowest BCUT2D eigenvalue weighted by atomic mass is 9.82. The number of esters is 1. The molecule has 0 heterocycles. The van der Waals surface area contributed by atoms with Crippen molar-refractivity contribution in [3.05, 3.63) is 11.7 Å². The van der Waals surface area contributed by atoms with E-state index in [2.05, 4.69) is 4.74 Å². The second-order valence-corrected chi connectivity index (χ2v) is 5.02. The van der Waals surface area contributed by atoms with Gasteiger partial charge in [0.2, 0.25) is 0 Å². The number of aliphatic carboxylic acids is 1. The molecule has 2 rings (SSSR count). The van der Waals surface area contributed by atoms with E-state index in [0.29, 0.717) is 12.8 Å². The van der Waals surface area contributed by atoms with Crippen molar-refractivity contribution in [2.75, 3.05) is 7.11 Å². The lowest BCUT2D eigenvalue weighted by Gasteiger charge is -2.27. The van der Waals surface area contributed by atoms with E-state index < -0.39 is 30.2 Å². The van der Waals surface area contributed by atoms with Crippen LogP contribution in [0.3, 0.4) is 0 Å². The lowest BCUT2D eigenvalue weighted by molar-refractivity contribution is -0.192. The molecule has 0 aromatic rings. The number of nitrogens with two attached hydrogens (primary N) is 1. The number of carboxylic acid groups (broad SMARTS) is 1. The van der Waals surface area contributed by atoms with Gasteiger partial charge in [-0.3, -0.25) is 4.79 Å². The van der Waals surface area contributed by atoms with Gasteiger partial charge < -0.3 is 15.6 Å². The Morgan fingerprint density at radius 2 is 1.82 bits per heavy atom. The molecule has 0 amide bonds. The summed E-state index contributed by atoms with van der Waals surface area (Å²) >= 11 is 0. The molecular formula is C12H14F5NO4. The summed E-state index contributed by atoms with van der Waals surface area (Å²) < 4.78 is 61.3. The Balaban J connectivity index is 0.000000295. The Kier molecular flexibility index (Phi) is 5.49. The van der Waals surface area contributed by atoms with E-state index in [9.17, 15) is 26.7 Å². The van der Waals surface area contributed by atoms with Crippen molar-refractivity contribution >= 4 is 11.9 Å². The van der Waals surface area contributed by atoms with E-state index in [1.165, 1.54) is 7.11 Å². The molecule has 22 heavy (non-hydrogen) atoms. The number of carboxylic acids is 1. The predicted molar refractivity (Wildman–Crippen MR) is 62.6 cm³/mol. The van der Waals surface area contributed by atoms with Crippen LogP contribution >= 0.6 is 0 Å². The number of methoxy groups -OCH3 is 1. The Bertz CT molecular complexity index is 484. The number of hydrogen-bond acceptors (Lipinski definition) is 4. The number of halogens is 5. The third-order valence-electron chi connectivity index (χ3n) is 3.83. The van der Waals surface area contributed by atoms with Crippen molar-refractivity contribution in [3.63, 3.8) is 0 Å². The maximum Gasteiger partial charge on any atom is 0.490 e. The van der Waals surface area contributed by atoms with E-state index in [0.717, 1.165) is 0 Å². The molecule has 3 N–H and O–H groups in total. The molecule has 0 unspecified atom stereocenters. The third-order valence-corrected chi connectivity index (χ3v) is 3.83. The zero-order chi connectivity index (χ0) is 17.2. The first-order valence-corrected chi connectivity index (χ1v) is 6.18. The van der Waals surface area contributed by atoms with Gasteiger partial charge >= 0.3 is 18.1 Å². The van der Waals surface area contributed by atoms with Gasteiger partial charge in [-0.15, -0.1) is 0 Å². The van der Waals surface area contributed by atoms with Crippen molar-refractivity contribution in [2.24, 2.45) is 23.5 Å². The summed E-state index contributed by atoms with van der Waals surface area (Å²) in [6.07, 6.45) is -5.82. The molecule has 2 saturated carbocycles. The normalized spacial score (nSPS) is 29.7. The zero-order valence-electron chi connectivity index (χ0n) is 11.4. The van der Waals surface area contributed by atoms with Gasteiger partial charge in [0, 0.05) is 17.5 Å². The standard InChI is InChI=1S/C10H13F2NO2.C2HF3O2/c1-15-10(14)7-4-2-5(8(7)13)6(3-4)9(11)12;3-2(4,5)1(6)7/h4-5,7-8H,2-3,13H2,1H3;(H,6,7)/t4-,5+,7-,8+;/m0./s1. The number of carbonyl (C=O) groups excluding carboxylic acids is 1. The monoisotopic (exact) mass is 331 g/mol. The molecule has 10 heteroatoms. The number of alkyl halides is 3. The van der Waals surface area contributed by atoms with Crippen LogP contribution in [-0.2, 0) is 14.3 Å².